The zero-order chi connectivity index (χ0) is 40.7. The fraction of sp³-hybridized carbons (Fsp3) is 0.604. The molecule has 0 unspecified atom stereocenters. The molecule has 0 aliphatic carbocycles. The normalized spacial score (nSPS) is 14.0. The molecule has 7 nitrogen and oxygen atoms in total. The number of carbonyl (C=O) groups is 3. The van der Waals surface area contributed by atoms with E-state index < -0.39 is 24.0 Å². The Balaban J connectivity index is 4.75. The van der Waals surface area contributed by atoms with Gasteiger partial charge in [0.1, 0.15) is 6.10 Å². The number of aliphatic carboxylic acids is 1. The molecule has 0 bridgehead atoms. The quantitative estimate of drug-likeness (QED) is 0.0300. The number of carboxylic acids is 1. The fourth-order valence-electron chi connectivity index (χ4n) is 5.58. The van der Waals surface area contributed by atoms with E-state index in [2.05, 4.69) is 116 Å². The largest absolute Gasteiger partial charge is 0.548 e. The number of hydrogen-bond donors (Lipinski definition) is 1. The smallest absolute Gasteiger partial charge is 0.306 e. The van der Waals surface area contributed by atoms with Crippen LogP contribution in [0.1, 0.15) is 149 Å². The fourth-order valence-corrected chi connectivity index (χ4v) is 5.58. The van der Waals surface area contributed by atoms with E-state index in [-0.39, 0.29) is 18.8 Å². The van der Waals surface area contributed by atoms with Crippen molar-refractivity contribution in [2.45, 2.75) is 161 Å². The Labute approximate surface area is 336 Å². The molecule has 0 spiro atoms. The van der Waals surface area contributed by atoms with Crippen LogP contribution in [0.5, 0.6) is 0 Å². The number of amides is 1. The van der Waals surface area contributed by atoms with Gasteiger partial charge in [0, 0.05) is 6.42 Å². The average molecular weight is 763 g/mol. The van der Waals surface area contributed by atoms with Gasteiger partial charge in [-0.1, -0.05) is 124 Å². The van der Waals surface area contributed by atoms with Crippen molar-refractivity contribution in [2.24, 2.45) is 0 Å². The summed E-state index contributed by atoms with van der Waals surface area (Å²) in [5.41, 5.74) is 0. The Morgan fingerprint density at radius 2 is 1.04 bits per heavy atom. The van der Waals surface area contributed by atoms with Crippen LogP contribution in [0.3, 0.4) is 0 Å². The lowest BCUT2D eigenvalue weighted by atomic mass is 10.1. The van der Waals surface area contributed by atoms with Gasteiger partial charge in [0.25, 0.3) is 0 Å². The number of allylic oxidation sites excluding steroid dienone is 16. The third-order valence-electron chi connectivity index (χ3n) is 8.73. The highest BCUT2D eigenvalue weighted by atomic mass is 16.5. The van der Waals surface area contributed by atoms with E-state index in [0.29, 0.717) is 30.2 Å². The van der Waals surface area contributed by atoms with Gasteiger partial charge in [-0.2, -0.15) is 0 Å². The van der Waals surface area contributed by atoms with Gasteiger partial charge >= 0.3 is 5.97 Å². The van der Waals surface area contributed by atoms with Crippen LogP contribution in [0.4, 0.5) is 0 Å². The summed E-state index contributed by atoms with van der Waals surface area (Å²) in [6.07, 6.45) is 51.6. The molecule has 0 aromatic heterocycles. The maximum atomic E-state index is 13.0. The molecule has 0 heterocycles. The summed E-state index contributed by atoms with van der Waals surface area (Å²) in [5.74, 6) is -2.05. The van der Waals surface area contributed by atoms with Crippen LogP contribution in [0.15, 0.2) is 97.2 Å². The summed E-state index contributed by atoms with van der Waals surface area (Å²) in [4.78, 5) is 37.5. The van der Waals surface area contributed by atoms with Crippen molar-refractivity contribution in [3.63, 3.8) is 0 Å². The maximum absolute atomic E-state index is 13.0. The molecular weight excluding hydrogens is 685 g/mol. The number of rotatable bonds is 35. The number of unbranched alkanes of at least 4 members (excludes halogenated alkanes) is 6. The van der Waals surface area contributed by atoms with E-state index in [1.165, 1.54) is 19.3 Å². The number of esters is 1. The Morgan fingerprint density at radius 1 is 0.582 bits per heavy atom. The van der Waals surface area contributed by atoms with Crippen LogP contribution >= 0.6 is 0 Å². The molecule has 0 aromatic rings. The molecule has 1 N–H and O–H groups in total. The van der Waals surface area contributed by atoms with Crippen LogP contribution < -0.4 is 10.4 Å². The van der Waals surface area contributed by atoms with Crippen LogP contribution in [-0.4, -0.2) is 62.2 Å². The van der Waals surface area contributed by atoms with Crippen LogP contribution in [0.25, 0.3) is 0 Å². The van der Waals surface area contributed by atoms with Gasteiger partial charge in [0.05, 0.1) is 46.1 Å². The predicted octanol–water partition coefficient (Wildman–Crippen LogP) is 10.5. The molecular formula is C48H78N2O5. The molecule has 55 heavy (non-hydrogen) atoms. The second kappa shape index (κ2) is 37.2. The summed E-state index contributed by atoms with van der Waals surface area (Å²) in [6.45, 7) is 5.14. The van der Waals surface area contributed by atoms with Crippen LogP contribution in [0.2, 0.25) is 0 Å². The van der Waals surface area contributed by atoms with Crippen LogP contribution in [-0.2, 0) is 19.1 Å². The molecule has 0 fully saturated rings. The van der Waals surface area contributed by atoms with Gasteiger partial charge in [-0.15, -0.1) is 0 Å². The molecule has 0 aliphatic rings. The molecule has 0 aromatic carbocycles. The minimum atomic E-state index is -1.29. The molecule has 0 aliphatic heterocycles. The maximum Gasteiger partial charge on any atom is 0.306 e. The lowest BCUT2D eigenvalue weighted by molar-refractivity contribution is -0.870. The summed E-state index contributed by atoms with van der Waals surface area (Å²) in [7, 11) is 6.12. The molecule has 1 amide bonds. The molecule has 0 saturated heterocycles. The summed E-state index contributed by atoms with van der Waals surface area (Å²) in [5, 5.41) is 14.4. The second-order valence-electron chi connectivity index (χ2n) is 15.2. The predicted molar refractivity (Wildman–Crippen MR) is 231 cm³/mol. The van der Waals surface area contributed by atoms with Crippen molar-refractivity contribution in [1.82, 2.24) is 5.32 Å². The van der Waals surface area contributed by atoms with E-state index in [9.17, 15) is 19.5 Å². The monoisotopic (exact) mass is 763 g/mol. The van der Waals surface area contributed by atoms with E-state index in [1.54, 1.807) is 0 Å². The zero-order valence-electron chi connectivity index (χ0n) is 35.4. The van der Waals surface area contributed by atoms with E-state index in [0.717, 1.165) is 83.6 Å². The van der Waals surface area contributed by atoms with Crippen molar-refractivity contribution in [2.75, 3.05) is 27.7 Å². The second-order valence-corrected chi connectivity index (χ2v) is 15.2. The molecule has 0 radical (unpaired) electrons. The van der Waals surface area contributed by atoms with Gasteiger partial charge in [-0.3, -0.25) is 9.59 Å². The first kappa shape index (κ1) is 51.3. The van der Waals surface area contributed by atoms with Crippen molar-refractivity contribution in [1.29, 1.82) is 0 Å². The minimum absolute atomic E-state index is 0.0622. The van der Waals surface area contributed by atoms with Crippen LogP contribution in [0, 0.1) is 0 Å². The average Bonchev–Trinajstić information content (AvgIpc) is 3.13. The molecule has 310 valence electrons. The van der Waals surface area contributed by atoms with Crippen molar-refractivity contribution >= 4 is 17.8 Å². The molecule has 0 rings (SSSR count). The summed E-state index contributed by atoms with van der Waals surface area (Å²) < 4.78 is 6.49. The SMILES string of the molecule is CC/C=C\C/C=C\C/C=C\C/C=C\C/C=C\CCCC(=O)O[C@H](CCCC/C=C\C/C=C\C/C=C\CCCCC)CC(=O)N[C@H](CCC[N+](C)(C)C)C(=O)[O-]. The topological polar surface area (TPSA) is 95.5 Å². The number of nitrogens with one attached hydrogen (secondary N) is 1. The minimum Gasteiger partial charge on any atom is -0.548 e. The molecule has 2 atom stereocenters. The first-order valence-electron chi connectivity index (χ1n) is 21.3. The number of carboxylic acid groups (broad SMARTS) is 1. The number of carbonyl (C=O) groups excluding carboxylic acids is 3. The molecule has 0 saturated carbocycles. The summed E-state index contributed by atoms with van der Waals surface area (Å²) in [6, 6.07) is -1.07. The van der Waals surface area contributed by atoms with Crippen molar-refractivity contribution in [3.8, 4) is 0 Å². The molecule has 7 heteroatoms. The standard InChI is InChI=1S/C48H78N2O5/c1-6-8-10-12-14-16-18-20-22-23-25-27-29-31-33-35-37-41-47(52)55-44(43-46(51)49-45(48(53)54)40-38-42-50(3,4)5)39-36-34-32-30-28-26-24-21-19-17-15-13-11-9-7-2/h8,10,14-17,20-22,24-25,27-28,30-31,33,44-45H,6-7,9,11-13,18-19,23,26,29,32,34-43H2,1-5H3,(H-,49,51,53,54)/b10-8-,16-14-,17-15-,22-20-,24-21-,27-25-,30-28-,33-31-/t44-,45-/m1/s1. The Kier molecular flexibility index (Phi) is 34.7. The van der Waals surface area contributed by atoms with Crippen molar-refractivity contribution < 1.29 is 28.7 Å². The Bertz CT molecular complexity index is 1220. The first-order valence-corrected chi connectivity index (χ1v) is 21.3. The highest BCUT2D eigenvalue weighted by Crippen LogP contribution is 2.14. The third-order valence-corrected chi connectivity index (χ3v) is 8.73. The highest BCUT2D eigenvalue weighted by Gasteiger charge is 2.21. The van der Waals surface area contributed by atoms with Gasteiger partial charge in [0.15, 0.2) is 0 Å². The van der Waals surface area contributed by atoms with E-state index >= 15 is 0 Å². The first-order chi connectivity index (χ1) is 26.6. The van der Waals surface area contributed by atoms with Gasteiger partial charge in [-0.05, 0) is 109 Å². The third kappa shape index (κ3) is 38.4. The number of hydrogen-bond acceptors (Lipinski definition) is 5. The Hall–Kier alpha value is -3.71. The number of nitrogens with zero attached hydrogens (tertiary/aromatic N) is 1. The van der Waals surface area contributed by atoms with E-state index in [4.69, 9.17) is 4.74 Å². The van der Waals surface area contributed by atoms with Gasteiger partial charge in [0.2, 0.25) is 5.91 Å². The van der Waals surface area contributed by atoms with Crippen molar-refractivity contribution in [3.05, 3.63) is 97.2 Å². The Morgan fingerprint density at radius 3 is 1.49 bits per heavy atom. The number of quaternary nitrogens is 1. The van der Waals surface area contributed by atoms with Gasteiger partial charge < -0.3 is 24.4 Å². The van der Waals surface area contributed by atoms with Gasteiger partial charge in [-0.25, -0.2) is 0 Å². The lowest BCUT2D eigenvalue weighted by Gasteiger charge is -2.26. The van der Waals surface area contributed by atoms with E-state index in [1.807, 2.05) is 21.1 Å². The highest BCUT2D eigenvalue weighted by molar-refractivity contribution is 5.83. The zero-order valence-corrected chi connectivity index (χ0v) is 35.4. The lowest BCUT2D eigenvalue weighted by Crippen LogP contribution is -2.49. The summed E-state index contributed by atoms with van der Waals surface area (Å²) >= 11 is 0. The number of ether oxygens (including phenoxy) is 1.